The molecular weight excluding hydrogens is 372 g/mol. The zero-order valence-electron chi connectivity index (χ0n) is 14.2. The Morgan fingerprint density at radius 1 is 1.12 bits per heavy atom. The molecule has 1 heterocycles. The number of sulfonamides is 1. The van der Waals surface area contributed by atoms with Gasteiger partial charge < -0.3 is 0 Å². The number of pyridine rings is 1. The van der Waals surface area contributed by atoms with E-state index >= 15 is 0 Å². The molecule has 0 fully saturated rings. The highest BCUT2D eigenvalue weighted by Gasteiger charge is 2.11. The maximum absolute atomic E-state index is 11.8. The smallest absolute Gasteiger partial charge is 0.240 e. The van der Waals surface area contributed by atoms with Gasteiger partial charge in [0.1, 0.15) is 0 Å². The van der Waals surface area contributed by atoms with Gasteiger partial charge in [-0.05, 0) is 55.9 Å². The molecule has 0 radical (unpaired) electrons. The predicted octanol–water partition coefficient (Wildman–Crippen LogP) is 3.63. The van der Waals surface area contributed by atoms with Crippen LogP contribution in [0.4, 0.5) is 5.69 Å². The normalized spacial score (nSPS) is 12.3. The van der Waals surface area contributed by atoms with Crippen LogP contribution in [0.2, 0.25) is 5.02 Å². The number of hydrogen-bond acceptors (Lipinski definition) is 5. The van der Waals surface area contributed by atoms with Crippen molar-refractivity contribution in [1.82, 2.24) is 9.71 Å². The molecule has 2 aromatic carbocycles. The third-order valence-corrected chi connectivity index (χ3v) is 5.57. The number of anilines is 1. The van der Waals surface area contributed by atoms with Crippen molar-refractivity contribution in [2.24, 2.45) is 5.10 Å². The van der Waals surface area contributed by atoms with Gasteiger partial charge in [0.15, 0.2) is 0 Å². The van der Waals surface area contributed by atoms with Crippen molar-refractivity contribution in [2.45, 2.75) is 11.8 Å². The van der Waals surface area contributed by atoms with Gasteiger partial charge in [0.05, 0.1) is 21.8 Å². The molecule has 0 atom stereocenters. The average molecular weight is 389 g/mol. The molecule has 0 saturated heterocycles. The van der Waals surface area contributed by atoms with E-state index in [1.54, 1.807) is 42.6 Å². The van der Waals surface area contributed by atoms with Gasteiger partial charge in [-0.15, -0.1) is 0 Å². The van der Waals surface area contributed by atoms with Crippen LogP contribution in [0.15, 0.2) is 64.7 Å². The largest absolute Gasteiger partial charge is 0.277 e. The third kappa shape index (κ3) is 3.85. The fourth-order valence-corrected chi connectivity index (χ4v) is 3.32. The van der Waals surface area contributed by atoms with Crippen LogP contribution in [0.5, 0.6) is 0 Å². The highest BCUT2D eigenvalue weighted by Crippen LogP contribution is 2.24. The van der Waals surface area contributed by atoms with Crippen molar-refractivity contribution in [3.8, 4) is 0 Å². The quantitative estimate of drug-likeness (QED) is 0.516. The van der Waals surface area contributed by atoms with E-state index in [0.29, 0.717) is 5.02 Å². The first-order valence-electron chi connectivity index (χ1n) is 7.79. The maximum Gasteiger partial charge on any atom is 0.240 e. The summed E-state index contributed by atoms with van der Waals surface area (Å²) in [7, 11) is -2.07. The van der Waals surface area contributed by atoms with Gasteiger partial charge in [-0.1, -0.05) is 23.7 Å². The highest BCUT2D eigenvalue weighted by atomic mass is 35.5. The van der Waals surface area contributed by atoms with Gasteiger partial charge in [-0.25, -0.2) is 13.1 Å². The number of hydrogen-bond donors (Lipinski definition) is 2. The molecule has 0 spiro atoms. The van der Waals surface area contributed by atoms with E-state index in [0.717, 1.165) is 27.9 Å². The number of rotatable bonds is 5. The Labute approximate surface area is 157 Å². The van der Waals surface area contributed by atoms with Crippen LogP contribution in [0.3, 0.4) is 0 Å². The van der Waals surface area contributed by atoms with E-state index in [1.165, 1.54) is 7.05 Å². The van der Waals surface area contributed by atoms with Crippen LogP contribution in [-0.4, -0.2) is 26.2 Å². The number of nitrogens with one attached hydrogen (secondary N) is 2. The van der Waals surface area contributed by atoms with E-state index in [-0.39, 0.29) is 4.90 Å². The van der Waals surface area contributed by atoms with Gasteiger partial charge in [0.25, 0.3) is 0 Å². The lowest BCUT2D eigenvalue weighted by Gasteiger charge is -2.08. The molecule has 8 heteroatoms. The van der Waals surface area contributed by atoms with Crippen molar-refractivity contribution in [1.29, 1.82) is 0 Å². The number of nitrogens with zero attached hydrogens (tertiary/aromatic N) is 2. The molecule has 6 nitrogen and oxygen atoms in total. The molecule has 3 aromatic rings. The van der Waals surface area contributed by atoms with Crippen LogP contribution in [0, 0.1) is 0 Å². The summed E-state index contributed by atoms with van der Waals surface area (Å²) < 4.78 is 25.8. The number of fused-ring (bicyclic) bond motifs is 1. The van der Waals surface area contributed by atoms with Crippen LogP contribution in [0.25, 0.3) is 10.9 Å². The molecule has 26 heavy (non-hydrogen) atoms. The van der Waals surface area contributed by atoms with E-state index < -0.39 is 10.0 Å². The summed E-state index contributed by atoms with van der Waals surface area (Å²) in [5.41, 5.74) is 6.15. The van der Waals surface area contributed by atoms with E-state index in [9.17, 15) is 8.42 Å². The Balaban J connectivity index is 1.85. The first-order chi connectivity index (χ1) is 12.4. The minimum absolute atomic E-state index is 0.210. The molecule has 0 saturated carbocycles. The summed E-state index contributed by atoms with van der Waals surface area (Å²) >= 11 is 6.00. The predicted molar refractivity (Wildman–Crippen MR) is 105 cm³/mol. The molecule has 0 unspecified atom stereocenters. The fraction of sp³-hybridized carbons (Fsp3) is 0.111. The number of benzene rings is 2. The summed E-state index contributed by atoms with van der Waals surface area (Å²) in [5, 5.41) is 5.92. The van der Waals surface area contributed by atoms with Gasteiger partial charge >= 0.3 is 0 Å². The lowest BCUT2D eigenvalue weighted by molar-refractivity contribution is 0.588. The van der Waals surface area contributed by atoms with Crippen molar-refractivity contribution >= 4 is 43.9 Å². The first kappa shape index (κ1) is 18.3. The standard InChI is InChI=1S/C18H17ClN4O2S/c1-12(13-3-6-15(7-4-13)26(24,25)20-2)22-23-17-9-10-21-18-11-14(19)5-8-16(17)18/h3-11,20H,1-2H3,(H,21,23)/b22-12-. The SMILES string of the molecule is CNS(=O)(=O)c1ccc(/C(C)=N\Nc2ccnc3cc(Cl)ccc23)cc1. The monoisotopic (exact) mass is 388 g/mol. The van der Waals surface area contributed by atoms with Crippen LogP contribution >= 0.6 is 11.6 Å². The Bertz CT molecular complexity index is 1080. The molecule has 0 aliphatic heterocycles. The maximum atomic E-state index is 11.8. The number of halogens is 1. The topological polar surface area (TPSA) is 83.5 Å². The lowest BCUT2D eigenvalue weighted by atomic mass is 10.1. The second-order valence-electron chi connectivity index (χ2n) is 5.56. The van der Waals surface area contributed by atoms with Crippen molar-refractivity contribution in [3.05, 3.63) is 65.3 Å². The summed E-state index contributed by atoms with van der Waals surface area (Å²) in [6.07, 6.45) is 1.68. The minimum atomic E-state index is -3.45. The Hall–Kier alpha value is -2.48. The number of hydrazone groups is 1. The van der Waals surface area contributed by atoms with Gasteiger partial charge in [0, 0.05) is 16.6 Å². The van der Waals surface area contributed by atoms with Crippen molar-refractivity contribution in [3.63, 3.8) is 0 Å². The van der Waals surface area contributed by atoms with E-state index in [4.69, 9.17) is 11.6 Å². The van der Waals surface area contributed by atoms with Crippen LogP contribution < -0.4 is 10.1 Å². The van der Waals surface area contributed by atoms with Gasteiger partial charge in [0.2, 0.25) is 10.0 Å². The Kier molecular flexibility index (Phi) is 5.22. The average Bonchev–Trinajstić information content (AvgIpc) is 2.65. The molecule has 134 valence electrons. The van der Waals surface area contributed by atoms with Gasteiger partial charge in [-0.3, -0.25) is 10.4 Å². The summed E-state index contributed by atoms with van der Waals surface area (Å²) in [5.74, 6) is 0. The zero-order valence-corrected chi connectivity index (χ0v) is 15.8. The molecule has 0 aliphatic carbocycles. The molecule has 0 bridgehead atoms. The molecule has 0 aliphatic rings. The molecule has 0 amide bonds. The third-order valence-electron chi connectivity index (χ3n) is 3.90. The molecular formula is C18H17ClN4O2S. The zero-order chi connectivity index (χ0) is 18.7. The van der Waals surface area contributed by atoms with Crippen LogP contribution in [-0.2, 0) is 10.0 Å². The molecule has 3 rings (SSSR count). The molecule has 1 aromatic heterocycles. The second-order valence-corrected chi connectivity index (χ2v) is 7.88. The van der Waals surface area contributed by atoms with Crippen molar-refractivity contribution in [2.75, 3.05) is 12.5 Å². The van der Waals surface area contributed by atoms with Gasteiger partial charge in [-0.2, -0.15) is 5.10 Å². The highest BCUT2D eigenvalue weighted by molar-refractivity contribution is 7.89. The number of aromatic nitrogens is 1. The fourth-order valence-electron chi connectivity index (χ4n) is 2.42. The van der Waals surface area contributed by atoms with E-state index in [1.807, 2.05) is 19.1 Å². The lowest BCUT2D eigenvalue weighted by Crippen LogP contribution is -2.18. The summed E-state index contributed by atoms with van der Waals surface area (Å²) in [6, 6.07) is 13.8. The minimum Gasteiger partial charge on any atom is -0.277 e. The Morgan fingerprint density at radius 2 is 1.85 bits per heavy atom. The van der Waals surface area contributed by atoms with Crippen LogP contribution in [0.1, 0.15) is 12.5 Å². The summed E-state index contributed by atoms with van der Waals surface area (Å²) in [6.45, 7) is 1.84. The van der Waals surface area contributed by atoms with E-state index in [2.05, 4.69) is 20.2 Å². The Morgan fingerprint density at radius 3 is 2.54 bits per heavy atom. The summed E-state index contributed by atoms with van der Waals surface area (Å²) in [4.78, 5) is 4.50. The second kappa shape index (κ2) is 7.41. The van der Waals surface area contributed by atoms with Crippen molar-refractivity contribution < 1.29 is 8.42 Å². The molecule has 2 N–H and O–H groups in total. The first-order valence-corrected chi connectivity index (χ1v) is 9.65.